The minimum absolute atomic E-state index is 0.729. The molecule has 0 aromatic rings. The first-order chi connectivity index (χ1) is 3.80. The van der Waals surface area contributed by atoms with Crippen molar-refractivity contribution in [2.75, 3.05) is 0 Å². The lowest BCUT2D eigenvalue weighted by Crippen LogP contribution is -2.11. The lowest BCUT2D eigenvalue weighted by atomic mass is 9.97. The maximum atomic E-state index is 3.60. The highest BCUT2D eigenvalue weighted by molar-refractivity contribution is 9.09. The molecule has 0 aliphatic heterocycles. The number of halogens is 1. The monoisotopic (exact) mass is 174 g/mol. The van der Waals surface area contributed by atoms with Crippen LogP contribution >= 0.6 is 15.9 Å². The summed E-state index contributed by atoms with van der Waals surface area (Å²) in [7, 11) is 0. The quantitative estimate of drug-likeness (QED) is 0.392. The van der Waals surface area contributed by atoms with Gasteiger partial charge in [-0.2, -0.15) is 0 Å². The Bertz CT molecular complexity index is 84.6. The Labute approximate surface area is 59.1 Å². The minimum atomic E-state index is 0.729. The van der Waals surface area contributed by atoms with Crippen molar-refractivity contribution in [2.45, 2.75) is 24.6 Å². The van der Waals surface area contributed by atoms with Crippen LogP contribution in [0.15, 0.2) is 12.2 Å². The molecule has 1 heteroatoms. The largest absolute Gasteiger partial charge is 0.0884 e. The Morgan fingerprint density at radius 1 is 1.38 bits per heavy atom. The second kappa shape index (κ2) is 2.67. The molecule has 0 fully saturated rings. The summed E-state index contributed by atoms with van der Waals surface area (Å²) in [6.07, 6.45) is 6.97. The molecule has 2 unspecified atom stereocenters. The maximum Gasteiger partial charge on any atom is 0.0208 e. The van der Waals surface area contributed by atoms with E-state index in [2.05, 4.69) is 35.0 Å². The molecule has 0 aromatic heterocycles. The van der Waals surface area contributed by atoms with Crippen LogP contribution in [0.3, 0.4) is 0 Å². The standard InChI is InChI=1S/C7H11Br/c1-6-4-2-3-5-7(6)8/h2-3,6-7H,4-5H2,1H3. The van der Waals surface area contributed by atoms with Gasteiger partial charge in [0.25, 0.3) is 0 Å². The van der Waals surface area contributed by atoms with Gasteiger partial charge in [-0.3, -0.25) is 0 Å². The molecule has 0 heterocycles. The highest BCUT2D eigenvalue weighted by Gasteiger charge is 2.13. The van der Waals surface area contributed by atoms with E-state index in [1.807, 2.05) is 0 Å². The zero-order valence-corrected chi connectivity index (χ0v) is 6.69. The molecule has 8 heavy (non-hydrogen) atoms. The molecule has 0 amide bonds. The second-order valence-electron chi connectivity index (χ2n) is 2.44. The van der Waals surface area contributed by atoms with E-state index in [0.29, 0.717) is 0 Å². The number of rotatable bonds is 0. The van der Waals surface area contributed by atoms with Crippen molar-refractivity contribution in [3.63, 3.8) is 0 Å². The van der Waals surface area contributed by atoms with Crippen molar-refractivity contribution < 1.29 is 0 Å². The first kappa shape index (κ1) is 6.34. The Morgan fingerprint density at radius 2 is 2.00 bits per heavy atom. The summed E-state index contributed by atoms with van der Waals surface area (Å²) in [6, 6.07) is 0. The molecule has 0 nitrogen and oxygen atoms in total. The fraction of sp³-hybridized carbons (Fsp3) is 0.714. The third-order valence-electron chi connectivity index (χ3n) is 1.65. The van der Waals surface area contributed by atoms with E-state index < -0.39 is 0 Å². The molecule has 1 aliphatic rings. The van der Waals surface area contributed by atoms with Crippen LogP contribution in [-0.4, -0.2) is 4.83 Å². The fourth-order valence-corrected chi connectivity index (χ4v) is 1.35. The van der Waals surface area contributed by atoms with Crippen LogP contribution < -0.4 is 0 Å². The van der Waals surface area contributed by atoms with Crippen LogP contribution in [0.25, 0.3) is 0 Å². The molecule has 46 valence electrons. The van der Waals surface area contributed by atoms with Crippen molar-refractivity contribution in [3.05, 3.63) is 12.2 Å². The van der Waals surface area contributed by atoms with E-state index in [4.69, 9.17) is 0 Å². The lowest BCUT2D eigenvalue weighted by molar-refractivity contribution is 0.550. The number of hydrogen-bond acceptors (Lipinski definition) is 0. The summed E-state index contributed by atoms with van der Waals surface area (Å²) in [5.74, 6) is 0.833. The third-order valence-corrected chi connectivity index (χ3v) is 2.93. The first-order valence-corrected chi connectivity index (χ1v) is 4.01. The van der Waals surface area contributed by atoms with Crippen LogP contribution in [0.4, 0.5) is 0 Å². The van der Waals surface area contributed by atoms with Gasteiger partial charge in [0, 0.05) is 4.83 Å². The predicted octanol–water partition coefficient (Wildman–Crippen LogP) is 2.74. The van der Waals surface area contributed by atoms with Crippen molar-refractivity contribution in [3.8, 4) is 0 Å². The predicted molar refractivity (Wildman–Crippen MR) is 40.3 cm³/mol. The van der Waals surface area contributed by atoms with Gasteiger partial charge in [-0.05, 0) is 18.8 Å². The van der Waals surface area contributed by atoms with Crippen LogP contribution in [-0.2, 0) is 0 Å². The van der Waals surface area contributed by atoms with Gasteiger partial charge in [0.05, 0.1) is 0 Å². The Balaban J connectivity index is 2.44. The van der Waals surface area contributed by atoms with Gasteiger partial charge in [0.15, 0.2) is 0 Å². The molecule has 0 bridgehead atoms. The van der Waals surface area contributed by atoms with Crippen LogP contribution in [0.2, 0.25) is 0 Å². The topological polar surface area (TPSA) is 0 Å². The fourth-order valence-electron chi connectivity index (χ4n) is 0.917. The molecule has 0 aromatic carbocycles. The molecule has 0 spiro atoms. The van der Waals surface area contributed by atoms with E-state index in [1.54, 1.807) is 0 Å². The van der Waals surface area contributed by atoms with Crippen molar-refractivity contribution >= 4 is 15.9 Å². The van der Waals surface area contributed by atoms with Gasteiger partial charge >= 0.3 is 0 Å². The molecule has 1 rings (SSSR count). The molecule has 0 N–H and O–H groups in total. The number of alkyl halides is 1. The summed E-state index contributed by atoms with van der Waals surface area (Å²) in [5.41, 5.74) is 0. The molecule has 0 saturated carbocycles. The second-order valence-corrected chi connectivity index (χ2v) is 3.61. The van der Waals surface area contributed by atoms with E-state index in [9.17, 15) is 0 Å². The summed E-state index contributed by atoms with van der Waals surface area (Å²) in [5, 5.41) is 0. The molecule has 1 aliphatic carbocycles. The van der Waals surface area contributed by atoms with Gasteiger partial charge in [-0.1, -0.05) is 35.0 Å². The van der Waals surface area contributed by atoms with Gasteiger partial charge in [-0.15, -0.1) is 0 Å². The first-order valence-electron chi connectivity index (χ1n) is 3.10. The minimum Gasteiger partial charge on any atom is -0.0884 e. The number of hydrogen-bond donors (Lipinski definition) is 0. The zero-order chi connectivity index (χ0) is 5.98. The average molecular weight is 175 g/mol. The Kier molecular flexibility index (Phi) is 2.12. The van der Waals surface area contributed by atoms with Crippen molar-refractivity contribution in [1.29, 1.82) is 0 Å². The number of allylic oxidation sites excluding steroid dienone is 2. The lowest BCUT2D eigenvalue weighted by Gasteiger charge is -2.18. The molecular formula is C7H11Br. The average Bonchev–Trinajstić information content (AvgIpc) is 1.77. The summed E-state index contributed by atoms with van der Waals surface area (Å²) in [4.78, 5) is 0.729. The van der Waals surface area contributed by atoms with Crippen LogP contribution in [0, 0.1) is 5.92 Å². The smallest absolute Gasteiger partial charge is 0.0208 e. The third kappa shape index (κ3) is 1.35. The summed E-state index contributed by atoms with van der Waals surface area (Å²) >= 11 is 3.60. The highest BCUT2D eigenvalue weighted by Crippen LogP contribution is 2.24. The molecule has 0 saturated heterocycles. The van der Waals surface area contributed by atoms with Gasteiger partial charge < -0.3 is 0 Å². The van der Waals surface area contributed by atoms with Gasteiger partial charge in [0.2, 0.25) is 0 Å². The molecular weight excluding hydrogens is 164 g/mol. The maximum absolute atomic E-state index is 3.60. The van der Waals surface area contributed by atoms with Crippen molar-refractivity contribution in [1.82, 2.24) is 0 Å². The van der Waals surface area contributed by atoms with Gasteiger partial charge in [-0.25, -0.2) is 0 Å². The Morgan fingerprint density at radius 3 is 2.38 bits per heavy atom. The van der Waals surface area contributed by atoms with Crippen LogP contribution in [0.1, 0.15) is 19.8 Å². The van der Waals surface area contributed by atoms with E-state index in [0.717, 1.165) is 10.7 Å². The SMILES string of the molecule is CC1CC=CCC1Br. The highest BCUT2D eigenvalue weighted by atomic mass is 79.9. The van der Waals surface area contributed by atoms with Crippen molar-refractivity contribution in [2.24, 2.45) is 5.92 Å². The van der Waals surface area contributed by atoms with E-state index >= 15 is 0 Å². The molecule has 2 atom stereocenters. The molecule has 0 radical (unpaired) electrons. The Hall–Kier alpha value is 0.220. The van der Waals surface area contributed by atoms with E-state index in [-0.39, 0.29) is 0 Å². The zero-order valence-electron chi connectivity index (χ0n) is 5.10. The van der Waals surface area contributed by atoms with Gasteiger partial charge in [0.1, 0.15) is 0 Å². The van der Waals surface area contributed by atoms with E-state index in [1.165, 1.54) is 12.8 Å². The van der Waals surface area contributed by atoms with Crippen LogP contribution in [0.5, 0.6) is 0 Å². The summed E-state index contributed by atoms with van der Waals surface area (Å²) < 4.78 is 0. The normalized spacial score (nSPS) is 37.8. The summed E-state index contributed by atoms with van der Waals surface area (Å²) in [6.45, 7) is 2.28.